The third kappa shape index (κ3) is 9.04. The molecule has 1 rings (SSSR count). The van der Waals surface area contributed by atoms with Crippen molar-refractivity contribution in [3.63, 3.8) is 0 Å². The third-order valence-corrected chi connectivity index (χ3v) is 5.91. The predicted molar refractivity (Wildman–Crippen MR) is 121 cm³/mol. The quantitative estimate of drug-likeness (QED) is 0.134. The number of unbranched alkanes of at least 4 members (excludes halogenated alkanes) is 1. The summed E-state index contributed by atoms with van der Waals surface area (Å²) in [5.74, 6) is -2.72. The Morgan fingerprint density at radius 1 is 1.13 bits per heavy atom. The summed E-state index contributed by atoms with van der Waals surface area (Å²) in [7, 11) is 0. The molecule has 0 aromatic carbocycles. The van der Waals surface area contributed by atoms with Gasteiger partial charge in [-0.25, -0.2) is 4.79 Å². The first-order valence-electron chi connectivity index (χ1n) is 10.9. The number of amides is 3. The molecule has 1 fully saturated rings. The number of nitrogens with two attached hydrogens (primary N) is 1. The number of carbonyl (C=O) groups excluding carboxylic acids is 3. The molecule has 3 amide bonds. The zero-order chi connectivity index (χ0) is 23.4. The topological polar surface area (TPSA) is 163 Å². The van der Waals surface area contributed by atoms with E-state index in [4.69, 9.17) is 5.73 Å². The van der Waals surface area contributed by atoms with E-state index in [0.717, 1.165) is 13.0 Å². The van der Waals surface area contributed by atoms with Crippen molar-refractivity contribution < 1.29 is 24.3 Å². The summed E-state index contributed by atoms with van der Waals surface area (Å²) in [6, 6.07) is -3.24. The smallest absolute Gasteiger partial charge is 0.326 e. The lowest BCUT2D eigenvalue weighted by atomic mass is 9.98. The number of carboxylic acid groups (broad SMARTS) is 1. The first kappa shape index (κ1) is 27.2. The standard InChI is InChI=1S/C20H37N5O5S/c1-3-12(2)16(20(29)30)25-18(27)14(7-4-5-9-21)23-19(28)15(11-31)24-17(26)13-8-6-10-22-13/h12-16,22,31H,3-11,21H2,1-2H3,(H,23,28)(H,24,26)(H,25,27)(H,29,30). The summed E-state index contributed by atoms with van der Waals surface area (Å²) in [5, 5.41) is 20.4. The van der Waals surface area contributed by atoms with Crippen LogP contribution in [-0.2, 0) is 19.2 Å². The number of carboxylic acids is 1. The average molecular weight is 460 g/mol. The maximum atomic E-state index is 12.8. The lowest BCUT2D eigenvalue weighted by molar-refractivity contribution is -0.143. The normalized spacial score (nSPS) is 19.7. The van der Waals surface area contributed by atoms with Gasteiger partial charge in [0.25, 0.3) is 0 Å². The van der Waals surface area contributed by atoms with Crippen LogP contribution in [0.2, 0.25) is 0 Å². The van der Waals surface area contributed by atoms with E-state index >= 15 is 0 Å². The van der Waals surface area contributed by atoms with E-state index in [1.807, 2.05) is 6.92 Å². The van der Waals surface area contributed by atoms with Crippen molar-refractivity contribution in [2.75, 3.05) is 18.8 Å². The zero-order valence-corrected chi connectivity index (χ0v) is 19.2. The first-order valence-corrected chi connectivity index (χ1v) is 11.6. The Balaban J connectivity index is 2.82. The summed E-state index contributed by atoms with van der Waals surface area (Å²) in [6.07, 6.45) is 3.71. The zero-order valence-electron chi connectivity index (χ0n) is 18.4. The van der Waals surface area contributed by atoms with Crippen molar-refractivity contribution in [1.82, 2.24) is 21.3 Å². The van der Waals surface area contributed by atoms with Crippen molar-refractivity contribution in [3.05, 3.63) is 0 Å². The predicted octanol–water partition coefficient (Wildman–Crippen LogP) is -0.618. The van der Waals surface area contributed by atoms with Crippen LogP contribution in [0.25, 0.3) is 0 Å². The molecule has 1 heterocycles. The molecule has 1 aliphatic heterocycles. The number of hydrogen-bond donors (Lipinski definition) is 7. The van der Waals surface area contributed by atoms with Crippen molar-refractivity contribution in [2.45, 2.75) is 76.5 Å². The first-order chi connectivity index (χ1) is 14.7. The summed E-state index contributed by atoms with van der Waals surface area (Å²) in [4.78, 5) is 49.5. The molecule has 31 heavy (non-hydrogen) atoms. The van der Waals surface area contributed by atoms with Gasteiger partial charge in [0.05, 0.1) is 6.04 Å². The number of thiol groups is 1. The Morgan fingerprint density at radius 2 is 1.81 bits per heavy atom. The maximum absolute atomic E-state index is 12.8. The maximum Gasteiger partial charge on any atom is 0.326 e. The van der Waals surface area contributed by atoms with Crippen molar-refractivity contribution in [3.8, 4) is 0 Å². The fourth-order valence-electron chi connectivity index (χ4n) is 3.35. The number of nitrogens with one attached hydrogen (secondary N) is 4. The SMILES string of the molecule is CCC(C)C(NC(=O)C(CCCCN)NC(=O)C(CS)NC(=O)C1CCCN1)C(=O)O. The highest BCUT2D eigenvalue weighted by atomic mass is 32.1. The second-order valence-corrected chi connectivity index (χ2v) is 8.31. The minimum atomic E-state index is -1.13. The van der Waals surface area contributed by atoms with Crippen LogP contribution < -0.4 is 27.0 Å². The molecule has 0 radical (unpaired) electrons. The lowest BCUT2D eigenvalue weighted by Gasteiger charge is -2.26. The van der Waals surface area contributed by atoms with Crippen molar-refractivity contribution in [2.24, 2.45) is 11.7 Å². The van der Waals surface area contributed by atoms with Gasteiger partial charge in [-0.15, -0.1) is 0 Å². The van der Waals surface area contributed by atoms with Crippen LogP contribution in [0, 0.1) is 5.92 Å². The van der Waals surface area contributed by atoms with Crippen molar-refractivity contribution >= 4 is 36.3 Å². The molecule has 0 aromatic heterocycles. The van der Waals surface area contributed by atoms with E-state index in [1.54, 1.807) is 6.92 Å². The lowest BCUT2D eigenvalue weighted by Crippen LogP contribution is -2.58. The molecule has 10 nitrogen and oxygen atoms in total. The molecule has 1 saturated heterocycles. The molecule has 7 N–H and O–H groups in total. The van der Waals surface area contributed by atoms with E-state index in [-0.39, 0.29) is 23.6 Å². The fraction of sp³-hybridized carbons (Fsp3) is 0.800. The minimum Gasteiger partial charge on any atom is -0.480 e. The Kier molecular flexibility index (Phi) is 12.5. The van der Waals surface area contributed by atoms with Gasteiger partial charge in [0.2, 0.25) is 17.7 Å². The molecule has 0 bridgehead atoms. The molecule has 5 atom stereocenters. The molecule has 11 heteroatoms. The van der Waals surface area contributed by atoms with Gasteiger partial charge in [-0.05, 0) is 51.1 Å². The average Bonchev–Trinajstić information content (AvgIpc) is 3.29. The van der Waals surface area contributed by atoms with E-state index in [2.05, 4.69) is 33.9 Å². The Bertz CT molecular complexity index is 615. The second kappa shape index (κ2) is 14.3. The molecule has 0 saturated carbocycles. The van der Waals surface area contributed by atoms with Crippen molar-refractivity contribution in [1.29, 1.82) is 0 Å². The van der Waals surface area contributed by atoms with E-state index in [9.17, 15) is 24.3 Å². The van der Waals surface area contributed by atoms with Crippen LogP contribution >= 0.6 is 12.6 Å². The molecule has 0 aromatic rings. The van der Waals surface area contributed by atoms with Gasteiger partial charge in [-0.1, -0.05) is 20.3 Å². The summed E-state index contributed by atoms with van der Waals surface area (Å²) in [6.45, 7) is 4.77. The number of hydrogen-bond acceptors (Lipinski definition) is 7. The van der Waals surface area contributed by atoms with E-state index in [1.165, 1.54) is 0 Å². The van der Waals surface area contributed by atoms with Crippen LogP contribution in [0.3, 0.4) is 0 Å². The molecule has 178 valence electrons. The van der Waals surface area contributed by atoms with Gasteiger partial charge in [0, 0.05) is 5.75 Å². The van der Waals surface area contributed by atoms with Crippen LogP contribution in [0.4, 0.5) is 0 Å². The number of carbonyl (C=O) groups is 4. The van der Waals surface area contributed by atoms with Gasteiger partial charge in [0.15, 0.2) is 0 Å². The van der Waals surface area contributed by atoms with Crippen LogP contribution in [0.15, 0.2) is 0 Å². The molecular weight excluding hydrogens is 422 g/mol. The van der Waals surface area contributed by atoms with Crippen LogP contribution in [-0.4, -0.2) is 71.8 Å². The van der Waals surface area contributed by atoms with Gasteiger partial charge < -0.3 is 32.1 Å². The van der Waals surface area contributed by atoms with Gasteiger partial charge in [-0.2, -0.15) is 12.6 Å². The molecule has 0 aliphatic carbocycles. The third-order valence-electron chi connectivity index (χ3n) is 5.55. The van der Waals surface area contributed by atoms with E-state index in [0.29, 0.717) is 38.6 Å². The summed E-state index contributed by atoms with van der Waals surface area (Å²) < 4.78 is 0. The fourth-order valence-corrected chi connectivity index (χ4v) is 3.60. The minimum absolute atomic E-state index is 0.0616. The highest BCUT2D eigenvalue weighted by molar-refractivity contribution is 7.80. The Hall–Kier alpha value is -1.85. The summed E-state index contributed by atoms with van der Waals surface area (Å²) >= 11 is 4.16. The number of rotatable bonds is 14. The van der Waals surface area contributed by atoms with Gasteiger partial charge in [-0.3, -0.25) is 14.4 Å². The van der Waals surface area contributed by atoms with Crippen LogP contribution in [0.1, 0.15) is 52.4 Å². The Labute approximate surface area is 189 Å². The Morgan fingerprint density at radius 3 is 2.32 bits per heavy atom. The monoisotopic (exact) mass is 459 g/mol. The van der Waals surface area contributed by atoms with Gasteiger partial charge in [0.1, 0.15) is 18.1 Å². The molecule has 1 aliphatic rings. The molecular formula is C20H37N5O5S. The van der Waals surface area contributed by atoms with E-state index < -0.39 is 35.9 Å². The van der Waals surface area contributed by atoms with Crippen LogP contribution in [0.5, 0.6) is 0 Å². The number of aliphatic carboxylic acids is 1. The molecule has 5 unspecified atom stereocenters. The second-order valence-electron chi connectivity index (χ2n) is 7.95. The highest BCUT2D eigenvalue weighted by Crippen LogP contribution is 2.10. The summed E-state index contributed by atoms with van der Waals surface area (Å²) in [5.41, 5.74) is 5.53. The largest absolute Gasteiger partial charge is 0.480 e. The highest BCUT2D eigenvalue weighted by Gasteiger charge is 2.32. The molecule has 0 spiro atoms. The van der Waals surface area contributed by atoms with Gasteiger partial charge >= 0.3 is 5.97 Å².